The van der Waals surface area contributed by atoms with Gasteiger partial charge in [0.15, 0.2) is 0 Å². The van der Waals surface area contributed by atoms with Crippen LogP contribution in [0.25, 0.3) is 17.2 Å². The van der Waals surface area contributed by atoms with Gasteiger partial charge in [0.05, 0.1) is 7.11 Å². The van der Waals surface area contributed by atoms with E-state index in [1.165, 1.54) is 0 Å². The molecule has 0 aliphatic rings. The minimum absolute atomic E-state index is 0.555. The van der Waals surface area contributed by atoms with Gasteiger partial charge in [0.1, 0.15) is 5.75 Å². The van der Waals surface area contributed by atoms with Crippen molar-refractivity contribution in [2.75, 3.05) is 25.6 Å². The zero-order valence-electron chi connectivity index (χ0n) is 15.5. The fourth-order valence-electron chi connectivity index (χ4n) is 2.76. The molecule has 0 amide bonds. The normalized spacial score (nSPS) is 11.2. The van der Waals surface area contributed by atoms with E-state index in [1.807, 2.05) is 63.2 Å². The third-order valence-corrected chi connectivity index (χ3v) is 3.89. The Bertz CT molecular complexity index is 689. The Labute approximate surface area is 150 Å². The molecule has 4 nitrogen and oxygen atoms in total. The highest BCUT2D eigenvalue weighted by Gasteiger charge is 2.24. The Morgan fingerprint density at radius 3 is 2.20 bits per heavy atom. The molecule has 1 N–H and O–H groups in total. The highest BCUT2D eigenvalue weighted by molar-refractivity contribution is 5.78. The molecule has 2 aromatic carbocycles. The third kappa shape index (κ3) is 4.84. The molecule has 0 heterocycles. The molecule has 0 saturated carbocycles. The van der Waals surface area contributed by atoms with Crippen molar-refractivity contribution in [3.63, 3.8) is 0 Å². The second-order valence-electron chi connectivity index (χ2n) is 5.67. The molecule has 0 aliphatic heterocycles. The average Bonchev–Trinajstić information content (AvgIpc) is 2.62. The van der Waals surface area contributed by atoms with Gasteiger partial charge in [-0.1, -0.05) is 30.9 Å². The van der Waals surface area contributed by atoms with Crippen LogP contribution in [0.4, 0.5) is 5.69 Å². The minimum atomic E-state index is -0.865. The standard InChI is InChI=1S/C21H27NO3/c1-6-16-9-12-18(22-21(4,24-7-2)25-8-3)15-20(16)17-10-13-19(23-5)14-11-17/h6,9-15,22H,1,7-8H2,2-5H3. The Morgan fingerprint density at radius 1 is 1.04 bits per heavy atom. The van der Waals surface area contributed by atoms with Gasteiger partial charge in [0, 0.05) is 25.8 Å². The summed E-state index contributed by atoms with van der Waals surface area (Å²) in [6.07, 6.45) is 1.85. The highest BCUT2D eigenvalue weighted by Crippen LogP contribution is 2.30. The van der Waals surface area contributed by atoms with Crippen LogP contribution in [0.15, 0.2) is 49.0 Å². The number of ether oxygens (including phenoxy) is 3. The second kappa shape index (κ2) is 8.70. The predicted molar refractivity (Wildman–Crippen MR) is 104 cm³/mol. The summed E-state index contributed by atoms with van der Waals surface area (Å²) in [6.45, 7) is 10.8. The molecule has 0 aliphatic carbocycles. The van der Waals surface area contributed by atoms with Crippen molar-refractivity contribution >= 4 is 11.8 Å². The topological polar surface area (TPSA) is 39.7 Å². The van der Waals surface area contributed by atoms with E-state index in [0.717, 1.165) is 28.1 Å². The number of rotatable bonds is 9. The molecule has 0 fully saturated rings. The van der Waals surface area contributed by atoms with Gasteiger partial charge in [-0.25, -0.2) is 0 Å². The number of nitrogens with one attached hydrogen (secondary N) is 1. The monoisotopic (exact) mass is 341 g/mol. The van der Waals surface area contributed by atoms with Crippen molar-refractivity contribution in [1.29, 1.82) is 0 Å². The van der Waals surface area contributed by atoms with Gasteiger partial charge in [-0.15, -0.1) is 0 Å². The lowest BCUT2D eigenvalue weighted by atomic mass is 9.98. The maximum atomic E-state index is 5.74. The van der Waals surface area contributed by atoms with Crippen molar-refractivity contribution in [2.45, 2.75) is 26.7 Å². The molecule has 0 atom stereocenters. The molecular weight excluding hydrogens is 314 g/mol. The quantitative estimate of drug-likeness (QED) is 0.639. The van der Waals surface area contributed by atoms with Gasteiger partial charge in [-0.05, 0) is 54.8 Å². The van der Waals surface area contributed by atoms with E-state index >= 15 is 0 Å². The van der Waals surface area contributed by atoms with E-state index in [1.54, 1.807) is 7.11 Å². The van der Waals surface area contributed by atoms with Gasteiger partial charge < -0.3 is 19.5 Å². The Balaban J connectivity index is 2.36. The van der Waals surface area contributed by atoms with Crippen LogP contribution in [0.1, 0.15) is 26.3 Å². The van der Waals surface area contributed by atoms with Gasteiger partial charge in [0.25, 0.3) is 0 Å². The van der Waals surface area contributed by atoms with Gasteiger partial charge in [-0.2, -0.15) is 0 Å². The Kier molecular flexibility index (Phi) is 6.62. The van der Waals surface area contributed by atoms with Crippen molar-refractivity contribution < 1.29 is 14.2 Å². The van der Waals surface area contributed by atoms with Crippen molar-refractivity contribution in [3.05, 3.63) is 54.6 Å². The first kappa shape index (κ1) is 19.0. The van der Waals surface area contributed by atoms with E-state index in [9.17, 15) is 0 Å². The predicted octanol–water partition coefficient (Wildman–Crippen LogP) is 5.16. The van der Waals surface area contributed by atoms with E-state index < -0.39 is 5.91 Å². The van der Waals surface area contributed by atoms with Crippen LogP contribution in [0.2, 0.25) is 0 Å². The first-order chi connectivity index (χ1) is 12.0. The molecule has 0 radical (unpaired) electrons. The zero-order valence-corrected chi connectivity index (χ0v) is 15.5. The molecule has 0 unspecified atom stereocenters. The first-order valence-electron chi connectivity index (χ1n) is 8.52. The van der Waals surface area contributed by atoms with Crippen molar-refractivity contribution in [2.24, 2.45) is 0 Å². The van der Waals surface area contributed by atoms with Crippen LogP contribution in [-0.4, -0.2) is 26.2 Å². The van der Waals surface area contributed by atoms with E-state index in [0.29, 0.717) is 13.2 Å². The fourth-order valence-corrected chi connectivity index (χ4v) is 2.76. The number of anilines is 1. The number of hydrogen-bond acceptors (Lipinski definition) is 4. The lowest BCUT2D eigenvalue weighted by Gasteiger charge is -2.31. The number of benzene rings is 2. The molecule has 2 aromatic rings. The smallest absolute Gasteiger partial charge is 0.246 e. The number of hydrogen-bond donors (Lipinski definition) is 1. The summed E-state index contributed by atoms with van der Waals surface area (Å²) in [5.41, 5.74) is 4.15. The molecule has 25 heavy (non-hydrogen) atoms. The molecule has 0 spiro atoms. The maximum absolute atomic E-state index is 5.74. The highest BCUT2D eigenvalue weighted by atomic mass is 16.7. The summed E-state index contributed by atoms with van der Waals surface area (Å²) >= 11 is 0. The minimum Gasteiger partial charge on any atom is -0.497 e. The summed E-state index contributed by atoms with van der Waals surface area (Å²) < 4.78 is 16.7. The van der Waals surface area contributed by atoms with Gasteiger partial charge >= 0.3 is 0 Å². The lowest BCUT2D eigenvalue weighted by molar-refractivity contribution is -0.200. The summed E-state index contributed by atoms with van der Waals surface area (Å²) in [5, 5.41) is 3.34. The van der Waals surface area contributed by atoms with Crippen molar-refractivity contribution in [3.8, 4) is 16.9 Å². The summed E-state index contributed by atoms with van der Waals surface area (Å²) in [4.78, 5) is 0. The summed E-state index contributed by atoms with van der Waals surface area (Å²) in [7, 11) is 1.66. The molecule has 0 bridgehead atoms. The van der Waals surface area contributed by atoms with Crippen LogP contribution < -0.4 is 10.1 Å². The summed E-state index contributed by atoms with van der Waals surface area (Å²) in [5.74, 6) is -0.0328. The van der Waals surface area contributed by atoms with E-state index in [-0.39, 0.29) is 0 Å². The second-order valence-corrected chi connectivity index (χ2v) is 5.67. The molecule has 4 heteroatoms. The van der Waals surface area contributed by atoms with Crippen LogP contribution in [0, 0.1) is 0 Å². The number of methoxy groups -OCH3 is 1. The third-order valence-electron chi connectivity index (χ3n) is 3.89. The molecule has 134 valence electrons. The Morgan fingerprint density at radius 2 is 1.68 bits per heavy atom. The maximum Gasteiger partial charge on any atom is 0.246 e. The molecule has 0 aromatic heterocycles. The lowest BCUT2D eigenvalue weighted by Crippen LogP contribution is -2.41. The van der Waals surface area contributed by atoms with Crippen LogP contribution in [0.5, 0.6) is 5.75 Å². The summed E-state index contributed by atoms with van der Waals surface area (Å²) in [6, 6.07) is 14.1. The van der Waals surface area contributed by atoms with E-state index in [4.69, 9.17) is 14.2 Å². The SMILES string of the molecule is C=Cc1ccc(NC(C)(OCC)OCC)cc1-c1ccc(OC)cc1. The largest absolute Gasteiger partial charge is 0.497 e. The van der Waals surface area contributed by atoms with Crippen LogP contribution >= 0.6 is 0 Å². The van der Waals surface area contributed by atoms with E-state index in [2.05, 4.69) is 18.0 Å². The fraction of sp³-hybridized carbons (Fsp3) is 0.333. The average molecular weight is 341 g/mol. The zero-order chi connectivity index (χ0) is 18.3. The van der Waals surface area contributed by atoms with Crippen LogP contribution in [-0.2, 0) is 9.47 Å². The van der Waals surface area contributed by atoms with Crippen LogP contribution in [0.3, 0.4) is 0 Å². The molecular formula is C21H27NO3. The molecule has 2 rings (SSSR count). The van der Waals surface area contributed by atoms with Gasteiger partial charge in [-0.3, -0.25) is 0 Å². The van der Waals surface area contributed by atoms with Gasteiger partial charge in [0.2, 0.25) is 5.91 Å². The molecule has 0 saturated heterocycles. The first-order valence-corrected chi connectivity index (χ1v) is 8.52. The Hall–Kier alpha value is -2.30. The van der Waals surface area contributed by atoms with Crippen molar-refractivity contribution in [1.82, 2.24) is 0 Å².